The van der Waals surface area contributed by atoms with E-state index in [2.05, 4.69) is 12.1 Å². The summed E-state index contributed by atoms with van der Waals surface area (Å²) in [7, 11) is 0. The maximum Gasteiger partial charge on any atom is 0.146 e. The van der Waals surface area contributed by atoms with Gasteiger partial charge in [-0.05, 0) is 73.6 Å². The minimum absolute atomic E-state index is 0.0275. The van der Waals surface area contributed by atoms with E-state index in [1.807, 2.05) is 31.2 Å². The molecule has 0 spiro atoms. The molecule has 1 aliphatic carbocycles. The van der Waals surface area contributed by atoms with Crippen molar-refractivity contribution >= 4 is 11.6 Å². The lowest BCUT2D eigenvalue weighted by Gasteiger charge is -2.17. The Morgan fingerprint density at radius 3 is 2.52 bits per heavy atom. The van der Waals surface area contributed by atoms with Gasteiger partial charge >= 0.3 is 0 Å². The molecule has 2 aromatic rings. The lowest BCUT2D eigenvalue weighted by atomic mass is 9.92. The van der Waals surface area contributed by atoms with E-state index in [1.165, 1.54) is 30.4 Å². The van der Waals surface area contributed by atoms with Crippen molar-refractivity contribution in [3.8, 4) is 11.5 Å². The molecule has 0 heterocycles. The van der Waals surface area contributed by atoms with E-state index in [-0.39, 0.29) is 6.04 Å². The molecule has 2 N–H and O–H groups in total. The maximum atomic E-state index is 6.29. The van der Waals surface area contributed by atoms with E-state index < -0.39 is 0 Å². The molecule has 0 radical (unpaired) electrons. The van der Waals surface area contributed by atoms with Gasteiger partial charge in [0.2, 0.25) is 0 Å². The molecule has 0 aliphatic heterocycles. The molecule has 0 aromatic heterocycles. The first-order valence-corrected chi connectivity index (χ1v) is 7.86. The summed E-state index contributed by atoms with van der Waals surface area (Å²) in [5.41, 5.74) is 9.73. The number of hydrogen-bond acceptors (Lipinski definition) is 2. The van der Waals surface area contributed by atoms with E-state index in [1.54, 1.807) is 0 Å². The highest BCUT2D eigenvalue weighted by molar-refractivity contribution is 6.32. The Labute approximate surface area is 130 Å². The van der Waals surface area contributed by atoms with Crippen molar-refractivity contribution in [3.63, 3.8) is 0 Å². The summed E-state index contributed by atoms with van der Waals surface area (Å²) in [6, 6.07) is 12.0. The Morgan fingerprint density at radius 2 is 1.81 bits per heavy atom. The van der Waals surface area contributed by atoms with Crippen LogP contribution in [-0.2, 0) is 12.8 Å². The zero-order valence-electron chi connectivity index (χ0n) is 12.2. The molecule has 0 saturated heterocycles. The first-order valence-electron chi connectivity index (χ1n) is 7.48. The predicted octanol–water partition coefficient (Wildman–Crippen LogP) is 5.03. The van der Waals surface area contributed by atoms with Gasteiger partial charge in [0.25, 0.3) is 0 Å². The molecule has 0 saturated carbocycles. The van der Waals surface area contributed by atoms with Crippen LogP contribution in [0.5, 0.6) is 11.5 Å². The second-order valence-corrected chi connectivity index (χ2v) is 6.13. The van der Waals surface area contributed by atoms with Crippen molar-refractivity contribution in [1.82, 2.24) is 0 Å². The van der Waals surface area contributed by atoms with Crippen molar-refractivity contribution in [2.24, 2.45) is 5.73 Å². The van der Waals surface area contributed by atoms with Gasteiger partial charge in [0.1, 0.15) is 11.5 Å². The van der Waals surface area contributed by atoms with Crippen molar-refractivity contribution in [1.29, 1.82) is 0 Å². The van der Waals surface area contributed by atoms with Gasteiger partial charge in [-0.2, -0.15) is 0 Å². The van der Waals surface area contributed by atoms with Gasteiger partial charge in [-0.15, -0.1) is 0 Å². The number of fused-ring (bicyclic) bond motifs is 1. The first kappa shape index (κ1) is 14.4. The third-order valence-corrected chi connectivity index (χ3v) is 4.32. The fourth-order valence-corrected chi connectivity index (χ4v) is 3.01. The predicted molar refractivity (Wildman–Crippen MR) is 87.2 cm³/mol. The summed E-state index contributed by atoms with van der Waals surface area (Å²) in [4.78, 5) is 0. The van der Waals surface area contributed by atoms with Gasteiger partial charge in [0.15, 0.2) is 0 Å². The Hall–Kier alpha value is -1.51. The second-order valence-electron chi connectivity index (χ2n) is 5.72. The number of benzene rings is 2. The van der Waals surface area contributed by atoms with Crippen LogP contribution < -0.4 is 10.5 Å². The fourth-order valence-electron chi connectivity index (χ4n) is 2.78. The van der Waals surface area contributed by atoms with Gasteiger partial charge in [-0.1, -0.05) is 23.7 Å². The van der Waals surface area contributed by atoms with Gasteiger partial charge in [-0.25, -0.2) is 0 Å². The molecule has 110 valence electrons. The molecule has 2 nitrogen and oxygen atoms in total. The highest BCUT2D eigenvalue weighted by atomic mass is 35.5. The molecule has 0 amide bonds. The van der Waals surface area contributed by atoms with Crippen LogP contribution in [0.1, 0.15) is 42.5 Å². The van der Waals surface area contributed by atoms with E-state index >= 15 is 0 Å². The van der Waals surface area contributed by atoms with Gasteiger partial charge in [0, 0.05) is 6.04 Å². The normalized spacial score (nSPS) is 15.4. The zero-order valence-corrected chi connectivity index (χ0v) is 13.0. The van der Waals surface area contributed by atoms with Crippen molar-refractivity contribution < 1.29 is 4.74 Å². The first-order chi connectivity index (χ1) is 10.1. The zero-order chi connectivity index (χ0) is 14.8. The van der Waals surface area contributed by atoms with Crippen LogP contribution in [0.15, 0.2) is 36.4 Å². The molecule has 0 unspecified atom stereocenters. The largest absolute Gasteiger partial charge is 0.456 e. The maximum absolute atomic E-state index is 6.29. The van der Waals surface area contributed by atoms with Gasteiger partial charge in [-0.3, -0.25) is 0 Å². The van der Waals surface area contributed by atoms with E-state index in [0.29, 0.717) is 10.8 Å². The highest BCUT2D eigenvalue weighted by Crippen LogP contribution is 2.33. The van der Waals surface area contributed by atoms with Crippen LogP contribution in [-0.4, -0.2) is 0 Å². The van der Waals surface area contributed by atoms with E-state index in [0.717, 1.165) is 17.7 Å². The van der Waals surface area contributed by atoms with Crippen LogP contribution in [0.3, 0.4) is 0 Å². The topological polar surface area (TPSA) is 35.2 Å². The second kappa shape index (κ2) is 6.08. The molecular weight excluding hydrogens is 282 g/mol. The van der Waals surface area contributed by atoms with Crippen LogP contribution in [0.4, 0.5) is 0 Å². The number of halogens is 1. The molecule has 1 aliphatic rings. The Morgan fingerprint density at radius 1 is 1.05 bits per heavy atom. The molecule has 21 heavy (non-hydrogen) atoms. The van der Waals surface area contributed by atoms with Crippen molar-refractivity contribution in [3.05, 3.63) is 58.1 Å². The third-order valence-electron chi connectivity index (χ3n) is 4.03. The van der Waals surface area contributed by atoms with Crippen LogP contribution in [0.25, 0.3) is 0 Å². The van der Waals surface area contributed by atoms with Gasteiger partial charge in [0.05, 0.1) is 5.02 Å². The molecule has 3 rings (SSSR count). The average Bonchev–Trinajstić information content (AvgIpc) is 2.49. The Kier molecular flexibility index (Phi) is 4.18. The smallest absolute Gasteiger partial charge is 0.146 e. The number of hydrogen-bond donors (Lipinski definition) is 1. The minimum Gasteiger partial charge on any atom is -0.456 e. The Balaban J connectivity index is 1.83. The molecule has 0 bridgehead atoms. The Bertz CT molecular complexity index is 652. The summed E-state index contributed by atoms with van der Waals surface area (Å²) in [5, 5.41) is 0.600. The van der Waals surface area contributed by atoms with Crippen LogP contribution in [0, 0.1) is 0 Å². The van der Waals surface area contributed by atoms with Gasteiger partial charge < -0.3 is 10.5 Å². The molecule has 0 fully saturated rings. The SMILES string of the molecule is C[C@@H](N)c1ccc(Oc2ccc3c(c2)CCCC3)c(Cl)c1. The lowest BCUT2D eigenvalue weighted by molar-refractivity contribution is 0.480. The van der Waals surface area contributed by atoms with Crippen LogP contribution >= 0.6 is 11.6 Å². The van der Waals surface area contributed by atoms with Crippen LogP contribution in [0.2, 0.25) is 5.02 Å². The molecule has 2 aromatic carbocycles. The molecule has 3 heteroatoms. The van der Waals surface area contributed by atoms with Crippen molar-refractivity contribution in [2.75, 3.05) is 0 Å². The molecule has 1 atom stereocenters. The summed E-state index contributed by atoms with van der Waals surface area (Å²) >= 11 is 6.29. The number of aryl methyl sites for hydroxylation is 2. The van der Waals surface area contributed by atoms with Crippen molar-refractivity contribution in [2.45, 2.75) is 38.6 Å². The average molecular weight is 302 g/mol. The summed E-state index contributed by atoms with van der Waals surface area (Å²) in [6.45, 7) is 1.94. The minimum atomic E-state index is -0.0275. The monoisotopic (exact) mass is 301 g/mol. The fraction of sp³-hybridized carbons (Fsp3) is 0.333. The van der Waals surface area contributed by atoms with E-state index in [9.17, 15) is 0 Å². The summed E-state index contributed by atoms with van der Waals surface area (Å²) in [6.07, 6.45) is 4.88. The quantitative estimate of drug-likeness (QED) is 0.863. The third kappa shape index (κ3) is 3.22. The number of ether oxygens (including phenoxy) is 1. The molecular formula is C18H20ClNO. The van der Waals surface area contributed by atoms with E-state index in [4.69, 9.17) is 22.1 Å². The number of nitrogens with two attached hydrogens (primary N) is 1. The lowest BCUT2D eigenvalue weighted by Crippen LogP contribution is -2.04. The highest BCUT2D eigenvalue weighted by Gasteiger charge is 2.11. The summed E-state index contributed by atoms with van der Waals surface area (Å²) < 4.78 is 5.94. The number of rotatable bonds is 3. The summed E-state index contributed by atoms with van der Waals surface area (Å²) in [5.74, 6) is 1.53. The standard InChI is InChI=1S/C18H20ClNO/c1-12(20)14-7-9-18(17(19)11-14)21-16-8-6-13-4-2-3-5-15(13)10-16/h6-12H,2-5,20H2,1H3/t12-/m1/s1.